The fraction of sp³-hybridized carbons (Fsp3) is 0.483. The number of nitrogens with zero attached hydrogens (tertiary/aromatic N) is 3. The lowest BCUT2D eigenvalue weighted by atomic mass is 9.84. The highest BCUT2D eigenvalue weighted by Gasteiger charge is 2.28. The number of carbonyl (C=O) groups is 1. The molecule has 3 heterocycles. The molecule has 2 N–H and O–H groups in total. The fourth-order valence-electron chi connectivity index (χ4n) is 5.15. The molecule has 2 unspecified atom stereocenters. The van der Waals surface area contributed by atoms with Crippen LogP contribution in [0.1, 0.15) is 55.5 Å². The molecule has 1 saturated heterocycles. The molecule has 0 spiro atoms. The van der Waals surface area contributed by atoms with Crippen molar-refractivity contribution >= 4 is 33.4 Å². The molecule has 4 rings (SSSR count). The molecule has 1 fully saturated rings. The molecule has 0 bridgehead atoms. The molecule has 198 valence electrons. The predicted molar refractivity (Wildman–Crippen MR) is 153 cm³/mol. The molecular formula is C29H37BrClN5O. The van der Waals surface area contributed by atoms with E-state index in [1.807, 2.05) is 24.8 Å². The van der Waals surface area contributed by atoms with Crippen LogP contribution < -0.4 is 10.6 Å². The Morgan fingerprint density at radius 1 is 1.24 bits per heavy atom. The van der Waals surface area contributed by atoms with E-state index in [0.717, 1.165) is 60.3 Å². The van der Waals surface area contributed by atoms with Gasteiger partial charge in [-0.1, -0.05) is 17.7 Å². The second-order valence-electron chi connectivity index (χ2n) is 10.7. The molecular weight excluding hydrogens is 550 g/mol. The van der Waals surface area contributed by atoms with E-state index in [9.17, 15) is 4.79 Å². The Morgan fingerprint density at radius 2 is 2.05 bits per heavy atom. The second-order valence-corrected chi connectivity index (χ2v) is 12.1. The fourth-order valence-corrected chi connectivity index (χ4v) is 5.73. The summed E-state index contributed by atoms with van der Waals surface area (Å²) in [5.74, 6) is 0.550. The summed E-state index contributed by atoms with van der Waals surface area (Å²) in [7, 11) is 0. The lowest BCUT2D eigenvalue weighted by Crippen LogP contribution is -2.49. The number of halogens is 2. The first kappa shape index (κ1) is 27.8. The van der Waals surface area contributed by atoms with Crippen LogP contribution in [0.25, 0.3) is 0 Å². The Hall–Kier alpha value is -2.22. The van der Waals surface area contributed by atoms with Gasteiger partial charge in [0.1, 0.15) is 0 Å². The van der Waals surface area contributed by atoms with Crippen LogP contribution in [0.4, 0.5) is 0 Å². The molecule has 0 aliphatic carbocycles. The van der Waals surface area contributed by atoms with Crippen LogP contribution in [0.5, 0.6) is 0 Å². The van der Waals surface area contributed by atoms with E-state index < -0.39 is 0 Å². The number of hydrogen-bond donors (Lipinski definition) is 2. The van der Waals surface area contributed by atoms with E-state index in [1.165, 1.54) is 16.7 Å². The zero-order valence-electron chi connectivity index (χ0n) is 21.9. The van der Waals surface area contributed by atoms with E-state index in [1.54, 1.807) is 6.20 Å². The van der Waals surface area contributed by atoms with Gasteiger partial charge < -0.3 is 15.2 Å². The van der Waals surface area contributed by atoms with Gasteiger partial charge in [-0.05, 0) is 123 Å². The topological polar surface area (TPSA) is 71.8 Å². The first-order chi connectivity index (χ1) is 17.7. The van der Waals surface area contributed by atoms with Gasteiger partial charge in [-0.3, -0.25) is 9.78 Å². The lowest BCUT2D eigenvalue weighted by Gasteiger charge is -2.31. The smallest absolute Gasteiger partial charge is 0.237 e. The molecule has 6 nitrogen and oxygen atoms in total. The zero-order chi connectivity index (χ0) is 26.4. The van der Waals surface area contributed by atoms with Crippen molar-refractivity contribution < 1.29 is 4.79 Å². The number of imidazole rings is 1. The summed E-state index contributed by atoms with van der Waals surface area (Å²) in [5.41, 5.74) is 4.83. The molecule has 8 heteroatoms. The van der Waals surface area contributed by atoms with Crippen LogP contribution >= 0.6 is 27.5 Å². The highest BCUT2D eigenvalue weighted by molar-refractivity contribution is 9.10. The Bertz CT molecular complexity index is 1200. The number of hydrogen-bond acceptors (Lipinski definition) is 4. The number of piperidine rings is 1. The van der Waals surface area contributed by atoms with Gasteiger partial charge in [0.15, 0.2) is 0 Å². The van der Waals surface area contributed by atoms with E-state index in [2.05, 4.69) is 80.1 Å². The van der Waals surface area contributed by atoms with Crippen molar-refractivity contribution in [2.75, 3.05) is 13.1 Å². The molecule has 1 aromatic carbocycles. The van der Waals surface area contributed by atoms with Gasteiger partial charge in [-0.25, -0.2) is 4.98 Å². The normalized spacial score (nSPS) is 18.1. The van der Waals surface area contributed by atoms with Crippen LogP contribution in [-0.4, -0.2) is 39.6 Å². The first-order valence-corrected chi connectivity index (χ1v) is 14.3. The molecule has 1 aliphatic rings. The quantitative estimate of drug-likeness (QED) is 0.323. The van der Waals surface area contributed by atoms with Crippen molar-refractivity contribution in [1.82, 2.24) is 25.2 Å². The summed E-state index contributed by atoms with van der Waals surface area (Å²) in [6, 6.07) is 8.25. The molecule has 2 aromatic heterocycles. The number of aryl methyl sites for hydroxylation is 3. The SMILES string of the molecule is Cc1ncc(Br)cc1CCc1cc(Cl)ccc1CC1CCNC(C(=O)NCCC(C)(C)n2ccnc2)C1. The minimum absolute atomic E-state index is 0.0955. The number of benzene rings is 1. The third kappa shape index (κ3) is 7.65. The molecule has 1 amide bonds. The van der Waals surface area contributed by atoms with Crippen LogP contribution in [-0.2, 0) is 29.6 Å². The Labute approximate surface area is 233 Å². The first-order valence-electron chi connectivity index (χ1n) is 13.1. The highest BCUT2D eigenvalue weighted by Crippen LogP contribution is 2.27. The number of nitrogens with one attached hydrogen (secondary N) is 2. The lowest BCUT2D eigenvalue weighted by molar-refractivity contribution is -0.124. The maximum absolute atomic E-state index is 13.0. The molecule has 3 aromatic rings. The van der Waals surface area contributed by atoms with Gasteiger partial charge in [0.05, 0.1) is 12.4 Å². The van der Waals surface area contributed by atoms with Gasteiger partial charge in [-0.15, -0.1) is 0 Å². The van der Waals surface area contributed by atoms with Crippen LogP contribution in [0.3, 0.4) is 0 Å². The third-order valence-electron chi connectivity index (χ3n) is 7.57. The van der Waals surface area contributed by atoms with Crippen molar-refractivity contribution in [3.63, 3.8) is 0 Å². The standard InChI is InChI=1S/C29H37BrClN5O/c1-20-22(16-25(30)18-35-20)4-5-24-17-26(31)7-6-23(24)14-21-8-10-33-27(15-21)28(37)34-11-9-29(2,3)36-13-12-32-19-36/h6-7,12-13,16-19,21,27,33H,4-5,8-11,14-15H2,1-3H3,(H,34,37). The average Bonchev–Trinajstić information content (AvgIpc) is 3.42. The molecule has 2 atom stereocenters. The van der Waals surface area contributed by atoms with Crippen molar-refractivity contribution in [2.45, 2.75) is 70.9 Å². The van der Waals surface area contributed by atoms with Crippen molar-refractivity contribution in [1.29, 1.82) is 0 Å². The summed E-state index contributed by atoms with van der Waals surface area (Å²) in [5, 5.41) is 7.36. The minimum Gasteiger partial charge on any atom is -0.355 e. The summed E-state index contributed by atoms with van der Waals surface area (Å²) in [4.78, 5) is 21.6. The second kappa shape index (κ2) is 12.5. The number of pyridine rings is 1. The van der Waals surface area contributed by atoms with Crippen LogP contribution in [0.2, 0.25) is 5.02 Å². The van der Waals surface area contributed by atoms with Gasteiger partial charge in [0.25, 0.3) is 0 Å². The summed E-state index contributed by atoms with van der Waals surface area (Å²) >= 11 is 9.93. The van der Waals surface area contributed by atoms with Gasteiger partial charge in [0, 0.05) is 45.9 Å². The number of rotatable bonds is 10. The number of amides is 1. The molecule has 0 saturated carbocycles. The van der Waals surface area contributed by atoms with Gasteiger partial charge >= 0.3 is 0 Å². The van der Waals surface area contributed by atoms with E-state index in [0.29, 0.717) is 12.5 Å². The summed E-state index contributed by atoms with van der Waals surface area (Å²) < 4.78 is 3.09. The molecule has 1 aliphatic heterocycles. The van der Waals surface area contributed by atoms with Crippen LogP contribution in [0, 0.1) is 12.8 Å². The largest absolute Gasteiger partial charge is 0.355 e. The summed E-state index contributed by atoms with van der Waals surface area (Å²) in [6.07, 6.45) is 13.0. The van der Waals surface area contributed by atoms with Crippen LogP contribution in [0.15, 0.2) is 53.7 Å². The zero-order valence-corrected chi connectivity index (χ0v) is 24.3. The Kier molecular flexibility index (Phi) is 9.43. The van der Waals surface area contributed by atoms with Crippen molar-refractivity contribution in [3.05, 3.63) is 81.1 Å². The summed E-state index contributed by atoms with van der Waals surface area (Å²) in [6.45, 7) is 7.87. The Morgan fingerprint density at radius 3 is 2.84 bits per heavy atom. The van der Waals surface area contributed by atoms with Crippen molar-refractivity contribution in [3.8, 4) is 0 Å². The highest BCUT2D eigenvalue weighted by atomic mass is 79.9. The maximum Gasteiger partial charge on any atom is 0.237 e. The third-order valence-corrected chi connectivity index (χ3v) is 8.24. The average molecular weight is 587 g/mol. The van der Waals surface area contributed by atoms with E-state index >= 15 is 0 Å². The van der Waals surface area contributed by atoms with E-state index in [-0.39, 0.29) is 17.5 Å². The maximum atomic E-state index is 13.0. The number of carbonyl (C=O) groups excluding carboxylic acids is 1. The van der Waals surface area contributed by atoms with Crippen molar-refractivity contribution in [2.24, 2.45) is 5.92 Å². The monoisotopic (exact) mass is 585 g/mol. The van der Waals surface area contributed by atoms with Gasteiger partial charge in [0.2, 0.25) is 5.91 Å². The predicted octanol–water partition coefficient (Wildman–Crippen LogP) is 5.64. The number of aromatic nitrogens is 3. The minimum atomic E-state index is -0.152. The van der Waals surface area contributed by atoms with Gasteiger partial charge in [-0.2, -0.15) is 0 Å². The Balaban J connectivity index is 1.33. The van der Waals surface area contributed by atoms with E-state index in [4.69, 9.17) is 11.6 Å². The molecule has 0 radical (unpaired) electrons. The molecule has 37 heavy (non-hydrogen) atoms.